The van der Waals surface area contributed by atoms with Crippen LogP contribution in [0.4, 0.5) is 47.8 Å². The molecule has 0 radical (unpaired) electrons. The van der Waals surface area contributed by atoms with Crippen molar-refractivity contribution in [2.75, 3.05) is 42.0 Å². The van der Waals surface area contributed by atoms with Crippen molar-refractivity contribution in [3.63, 3.8) is 0 Å². The second-order valence-corrected chi connectivity index (χ2v) is 14.8. The minimum atomic E-state index is -5.09. The number of alkyl halides is 6. The van der Waals surface area contributed by atoms with Crippen molar-refractivity contribution < 1.29 is 58.3 Å². The quantitative estimate of drug-likeness (QED) is 0.152. The number of hydrogen-bond acceptors (Lipinski definition) is 8. The summed E-state index contributed by atoms with van der Waals surface area (Å²) in [7, 11) is -2.45. The Balaban J connectivity index is 1.47. The molecule has 0 bridgehead atoms. The van der Waals surface area contributed by atoms with Gasteiger partial charge in [-0.2, -0.15) is 26.3 Å². The molecular formula is C33H29F7N4O6S2. The van der Waals surface area contributed by atoms with Crippen LogP contribution < -0.4 is 25.0 Å². The fourth-order valence-corrected chi connectivity index (χ4v) is 7.38. The van der Waals surface area contributed by atoms with Gasteiger partial charge in [-0.1, -0.05) is 6.07 Å². The smallest absolute Gasteiger partial charge is 0.419 e. The molecule has 0 aliphatic carbocycles. The summed E-state index contributed by atoms with van der Waals surface area (Å²) in [6, 6.07) is 8.90. The molecule has 4 aromatic rings. The summed E-state index contributed by atoms with van der Waals surface area (Å²) in [5, 5.41) is 4.78. The Kier molecular flexibility index (Phi) is 10.8. The minimum absolute atomic E-state index is 0.0213. The van der Waals surface area contributed by atoms with Crippen LogP contribution in [-0.4, -0.2) is 52.6 Å². The van der Waals surface area contributed by atoms with Gasteiger partial charge in [-0.05, 0) is 67.3 Å². The van der Waals surface area contributed by atoms with Gasteiger partial charge in [0.05, 0.1) is 35.7 Å². The van der Waals surface area contributed by atoms with E-state index in [9.17, 15) is 53.5 Å². The Morgan fingerprint density at radius 2 is 1.67 bits per heavy atom. The molecule has 278 valence electrons. The maximum atomic E-state index is 13.9. The van der Waals surface area contributed by atoms with Gasteiger partial charge in [0.1, 0.15) is 16.4 Å². The number of carbonyl (C=O) groups is 3. The number of nitrogens with zero attached hydrogens (tertiary/aromatic N) is 1. The molecule has 0 saturated carbocycles. The van der Waals surface area contributed by atoms with Crippen molar-refractivity contribution in [3.05, 3.63) is 82.0 Å². The van der Waals surface area contributed by atoms with Gasteiger partial charge >= 0.3 is 12.4 Å². The number of halogens is 7. The molecule has 1 fully saturated rings. The molecule has 1 aromatic heterocycles. The molecule has 0 spiro atoms. The summed E-state index contributed by atoms with van der Waals surface area (Å²) in [5.41, 5.74) is -2.94. The number of carbonyl (C=O) groups excluding carboxylic acids is 3. The molecule has 1 aliphatic rings. The van der Waals surface area contributed by atoms with Crippen LogP contribution in [0.3, 0.4) is 0 Å². The van der Waals surface area contributed by atoms with E-state index >= 15 is 0 Å². The average Bonchev–Trinajstić information content (AvgIpc) is 3.41. The third-order valence-electron chi connectivity index (χ3n) is 8.08. The molecule has 3 aromatic carbocycles. The molecule has 5 rings (SSSR count). The van der Waals surface area contributed by atoms with Crippen LogP contribution >= 0.6 is 11.3 Å². The molecule has 19 heteroatoms. The lowest BCUT2D eigenvalue weighted by atomic mass is 9.94. The van der Waals surface area contributed by atoms with E-state index in [-0.39, 0.29) is 44.3 Å². The summed E-state index contributed by atoms with van der Waals surface area (Å²) >= 11 is 0.543. The Hall–Kier alpha value is -4.91. The number of sulfonamides is 1. The summed E-state index contributed by atoms with van der Waals surface area (Å²) in [5.74, 6) is -4.33. The van der Waals surface area contributed by atoms with E-state index in [0.29, 0.717) is 55.1 Å². The lowest BCUT2D eigenvalue weighted by molar-refractivity contribution is -0.140. The van der Waals surface area contributed by atoms with E-state index < -0.39 is 62.7 Å². The molecule has 1 atom stereocenters. The van der Waals surface area contributed by atoms with Gasteiger partial charge in [-0.25, -0.2) is 12.8 Å². The van der Waals surface area contributed by atoms with Crippen molar-refractivity contribution in [2.24, 2.45) is 5.92 Å². The van der Waals surface area contributed by atoms with Gasteiger partial charge in [0.25, 0.3) is 11.8 Å². The normalized spacial score (nSPS) is 15.3. The monoisotopic (exact) mass is 774 g/mol. The summed E-state index contributed by atoms with van der Waals surface area (Å²) in [6.45, 7) is 0.864. The molecule has 3 N–H and O–H groups in total. The lowest BCUT2D eigenvalue weighted by Crippen LogP contribution is -2.39. The van der Waals surface area contributed by atoms with Crippen LogP contribution in [0.15, 0.2) is 54.6 Å². The standard InChI is InChI=1S/C33H29F7N4O6S2/c1-50-25-10-7-20(44-11-3-4-17(16-44)12-27(45)43-52(2,48)49)15-22(25)30(46)42-28-21-8-5-18(32(35,36)37)13-26(21)51-29(28)31(47)41-19-6-9-24(34)23(14-19)33(38,39)40/h5-10,13-15,17H,3-4,11-12,16H2,1-2H3,(H,41,47)(H,42,46)(H,43,45). The molecular weight excluding hydrogens is 746 g/mol. The second kappa shape index (κ2) is 14.6. The number of ether oxygens (including phenoxy) is 1. The number of benzene rings is 3. The Bertz CT molecular complexity index is 2150. The molecule has 1 aliphatic heterocycles. The molecule has 52 heavy (non-hydrogen) atoms. The molecule has 10 nitrogen and oxygen atoms in total. The number of piperidine rings is 1. The third kappa shape index (κ3) is 8.93. The van der Waals surface area contributed by atoms with Crippen molar-refractivity contribution in [1.29, 1.82) is 0 Å². The highest BCUT2D eigenvalue weighted by Gasteiger charge is 2.35. The zero-order valence-corrected chi connectivity index (χ0v) is 28.8. The van der Waals surface area contributed by atoms with Crippen molar-refractivity contribution in [2.45, 2.75) is 31.6 Å². The zero-order valence-electron chi connectivity index (χ0n) is 27.2. The number of anilines is 3. The van der Waals surface area contributed by atoms with Gasteiger partial charge in [0.15, 0.2) is 0 Å². The summed E-state index contributed by atoms with van der Waals surface area (Å²) in [4.78, 5) is 41.1. The number of fused-ring (bicyclic) bond motifs is 1. The molecule has 1 unspecified atom stereocenters. The van der Waals surface area contributed by atoms with Crippen LogP contribution in [-0.2, 0) is 27.2 Å². The third-order valence-corrected chi connectivity index (χ3v) is 9.83. The first-order valence-electron chi connectivity index (χ1n) is 15.3. The topological polar surface area (TPSA) is 134 Å². The van der Waals surface area contributed by atoms with Crippen molar-refractivity contribution in [3.8, 4) is 5.75 Å². The predicted octanol–water partition coefficient (Wildman–Crippen LogP) is 7.27. The number of thiophene rings is 1. The number of methoxy groups -OCH3 is 1. The van der Waals surface area contributed by atoms with E-state index in [1.807, 2.05) is 9.62 Å². The highest BCUT2D eigenvalue weighted by Crippen LogP contribution is 2.41. The SMILES string of the molecule is COc1ccc(N2CCCC(CC(=O)NS(C)(=O)=O)C2)cc1C(=O)Nc1c(C(=O)Nc2ccc(F)c(C(F)(F)F)c2)sc2cc(C(F)(F)F)ccc12. The van der Waals surface area contributed by atoms with E-state index in [0.717, 1.165) is 30.5 Å². The highest BCUT2D eigenvalue weighted by atomic mass is 32.2. The lowest BCUT2D eigenvalue weighted by Gasteiger charge is -2.34. The first kappa shape index (κ1) is 38.3. The van der Waals surface area contributed by atoms with E-state index in [1.165, 1.54) is 19.2 Å². The predicted molar refractivity (Wildman–Crippen MR) is 180 cm³/mol. The fraction of sp³-hybridized carbons (Fsp3) is 0.303. The van der Waals surface area contributed by atoms with Gasteiger partial charge in [-0.15, -0.1) is 11.3 Å². The van der Waals surface area contributed by atoms with E-state index in [1.54, 1.807) is 6.07 Å². The Morgan fingerprint density at radius 3 is 2.33 bits per heavy atom. The van der Waals surface area contributed by atoms with Gasteiger partial charge in [0.2, 0.25) is 15.9 Å². The van der Waals surface area contributed by atoms with Crippen LogP contribution in [0.2, 0.25) is 0 Å². The van der Waals surface area contributed by atoms with Gasteiger partial charge < -0.3 is 20.3 Å². The van der Waals surface area contributed by atoms with Crippen LogP contribution in [0.25, 0.3) is 10.1 Å². The minimum Gasteiger partial charge on any atom is -0.496 e. The summed E-state index contributed by atoms with van der Waals surface area (Å²) in [6.07, 6.45) is -7.76. The van der Waals surface area contributed by atoms with E-state index in [2.05, 4.69) is 10.6 Å². The van der Waals surface area contributed by atoms with Crippen LogP contribution in [0.5, 0.6) is 5.75 Å². The molecule has 3 amide bonds. The number of rotatable bonds is 9. The van der Waals surface area contributed by atoms with E-state index in [4.69, 9.17) is 4.74 Å². The average molecular weight is 775 g/mol. The summed E-state index contributed by atoms with van der Waals surface area (Å²) < 4.78 is 125. The fourth-order valence-electron chi connectivity index (χ4n) is 5.79. The van der Waals surface area contributed by atoms with Crippen molar-refractivity contribution in [1.82, 2.24) is 4.72 Å². The van der Waals surface area contributed by atoms with Crippen LogP contribution in [0.1, 0.15) is 50.4 Å². The highest BCUT2D eigenvalue weighted by molar-refractivity contribution is 7.89. The number of hydrogen-bond donors (Lipinski definition) is 3. The maximum Gasteiger partial charge on any atom is 0.419 e. The molecule has 2 heterocycles. The van der Waals surface area contributed by atoms with Gasteiger partial charge in [0, 0.05) is 41.0 Å². The van der Waals surface area contributed by atoms with Crippen molar-refractivity contribution >= 4 is 66.2 Å². The first-order chi connectivity index (χ1) is 24.2. The second-order valence-electron chi connectivity index (χ2n) is 12.0. The zero-order chi connectivity index (χ0) is 38.2. The number of nitrogens with one attached hydrogen (secondary N) is 3. The Labute approximate surface area is 296 Å². The van der Waals surface area contributed by atoms with Gasteiger partial charge in [-0.3, -0.25) is 19.1 Å². The number of amides is 3. The molecule has 1 saturated heterocycles. The first-order valence-corrected chi connectivity index (χ1v) is 18.0. The van der Waals surface area contributed by atoms with Crippen LogP contribution in [0, 0.1) is 11.7 Å². The maximum absolute atomic E-state index is 13.9. The largest absolute Gasteiger partial charge is 0.496 e. The Morgan fingerprint density at radius 1 is 0.942 bits per heavy atom.